The van der Waals surface area contributed by atoms with Gasteiger partial charge in [0.05, 0.1) is 41.6 Å². The number of aromatic nitrogens is 2. The molecule has 4 heterocycles. The highest BCUT2D eigenvalue weighted by Crippen LogP contribution is 2.47. The predicted octanol–water partition coefficient (Wildman–Crippen LogP) is 11.2. The van der Waals surface area contributed by atoms with Gasteiger partial charge >= 0.3 is 0 Å². The van der Waals surface area contributed by atoms with Crippen LogP contribution in [-0.4, -0.2) is 26.2 Å². The maximum Gasteiger partial charge on any atom is 0.207 e. The van der Waals surface area contributed by atoms with Gasteiger partial charge in [0.25, 0.3) is 0 Å². The fourth-order valence-electron chi connectivity index (χ4n) is 9.07. The molecule has 0 amide bonds. The first-order chi connectivity index (χ1) is 27.3. The third-order valence-electron chi connectivity index (χ3n) is 11.6. The topological polar surface area (TPSA) is 78.1 Å². The second-order valence-electron chi connectivity index (χ2n) is 14.5. The number of benzene rings is 8. The van der Waals surface area contributed by atoms with E-state index in [2.05, 4.69) is 70.0 Å². The van der Waals surface area contributed by atoms with Gasteiger partial charge < -0.3 is 0 Å². The summed E-state index contributed by atoms with van der Waals surface area (Å²) >= 11 is 0. The van der Waals surface area contributed by atoms with Crippen LogP contribution in [0.4, 0.5) is 0 Å². The summed E-state index contributed by atoms with van der Waals surface area (Å²) in [6, 6.07) is 55.3. The van der Waals surface area contributed by atoms with Gasteiger partial charge in [-0.25, -0.2) is 26.2 Å². The monoisotopic (exact) mass is 760 g/mol. The normalized spacial score (nSPS) is 14.6. The molecular weight excluding hydrogens is 733 g/mol. The molecule has 2 aliphatic heterocycles. The number of para-hydroxylation sites is 2. The predicted molar refractivity (Wildman–Crippen MR) is 222 cm³/mol. The molecule has 0 N–H and O–H groups in total. The zero-order valence-electron chi connectivity index (χ0n) is 29.5. The molecule has 6 nitrogen and oxygen atoms in total. The van der Waals surface area contributed by atoms with Gasteiger partial charge in [0.15, 0.2) is 0 Å². The molecule has 0 fully saturated rings. The molecule has 2 aliphatic rings. The highest BCUT2D eigenvalue weighted by molar-refractivity contribution is 7.92. The van der Waals surface area contributed by atoms with Crippen molar-refractivity contribution in [3.8, 4) is 44.5 Å². The van der Waals surface area contributed by atoms with Gasteiger partial charge in [-0.3, -0.25) is 0 Å². The van der Waals surface area contributed by atoms with Crippen LogP contribution in [-0.2, 0) is 19.7 Å². The molecule has 8 aromatic carbocycles. The van der Waals surface area contributed by atoms with Crippen molar-refractivity contribution in [1.82, 2.24) is 9.35 Å². The molecule has 10 aromatic rings. The maximum atomic E-state index is 13.6. The molecule has 8 heteroatoms. The van der Waals surface area contributed by atoms with Crippen LogP contribution >= 0.6 is 0 Å². The second-order valence-corrected chi connectivity index (χ2v) is 18.3. The summed E-state index contributed by atoms with van der Waals surface area (Å²) in [6.45, 7) is 0. The highest BCUT2D eigenvalue weighted by Gasteiger charge is 2.34. The number of sulfone groups is 2. The van der Waals surface area contributed by atoms with Crippen LogP contribution in [0.3, 0.4) is 0 Å². The second kappa shape index (κ2) is 10.9. The van der Waals surface area contributed by atoms with Crippen LogP contribution in [0, 0.1) is 0 Å². The van der Waals surface area contributed by atoms with E-state index in [1.165, 1.54) is 0 Å². The van der Waals surface area contributed by atoms with Crippen molar-refractivity contribution < 1.29 is 16.8 Å². The summed E-state index contributed by atoms with van der Waals surface area (Å²) in [5.41, 5.74) is 10.6. The van der Waals surface area contributed by atoms with Gasteiger partial charge in [-0.15, -0.1) is 0 Å². The van der Waals surface area contributed by atoms with Crippen LogP contribution < -0.4 is 0 Å². The summed E-state index contributed by atoms with van der Waals surface area (Å²) in [5.74, 6) is 0. The van der Waals surface area contributed by atoms with Gasteiger partial charge in [0.2, 0.25) is 19.7 Å². The molecule has 266 valence electrons. The minimum Gasteiger partial charge on any atom is -0.248 e. The molecule has 0 spiro atoms. The Kier molecular flexibility index (Phi) is 6.17. The Bertz CT molecular complexity index is 3390. The van der Waals surface area contributed by atoms with E-state index in [-0.39, 0.29) is 0 Å². The number of rotatable bonds is 3. The van der Waals surface area contributed by atoms with E-state index >= 15 is 0 Å². The van der Waals surface area contributed by atoms with Crippen molar-refractivity contribution in [1.29, 1.82) is 0 Å². The average Bonchev–Trinajstić information content (AvgIpc) is 3.89. The summed E-state index contributed by atoms with van der Waals surface area (Å²) in [6.07, 6.45) is 0. The zero-order valence-corrected chi connectivity index (χ0v) is 31.1. The van der Waals surface area contributed by atoms with Crippen molar-refractivity contribution in [2.75, 3.05) is 0 Å². The zero-order chi connectivity index (χ0) is 37.5. The Hall–Kier alpha value is -6.74. The molecule has 2 aromatic heterocycles. The van der Waals surface area contributed by atoms with E-state index in [0.29, 0.717) is 19.6 Å². The smallest absolute Gasteiger partial charge is 0.207 e. The van der Waals surface area contributed by atoms with E-state index in [4.69, 9.17) is 0 Å². The largest absolute Gasteiger partial charge is 0.248 e. The van der Waals surface area contributed by atoms with Crippen molar-refractivity contribution in [3.63, 3.8) is 0 Å². The van der Waals surface area contributed by atoms with E-state index in [1.54, 1.807) is 24.3 Å². The van der Waals surface area contributed by atoms with Gasteiger partial charge in [-0.2, -0.15) is 0 Å². The molecule has 0 aliphatic carbocycles. The lowest BCUT2D eigenvalue weighted by molar-refractivity contribution is 0.597. The molecule has 0 saturated carbocycles. The molecule has 0 unspecified atom stereocenters. The van der Waals surface area contributed by atoms with Gasteiger partial charge in [-0.05, 0) is 82.9 Å². The Labute approximate surface area is 321 Å². The first-order valence-corrected chi connectivity index (χ1v) is 21.3. The summed E-state index contributed by atoms with van der Waals surface area (Å²) in [5, 5.41) is 4.25. The van der Waals surface area contributed by atoms with E-state index in [0.717, 1.165) is 88.1 Å². The van der Waals surface area contributed by atoms with Crippen molar-refractivity contribution in [2.24, 2.45) is 0 Å². The molecule has 0 bridgehead atoms. The molecule has 0 radical (unpaired) electrons. The van der Waals surface area contributed by atoms with Crippen LogP contribution in [0.25, 0.3) is 88.1 Å². The first-order valence-electron chi connectivity index (χ1n) is 18.3. The molecular formula is C48H28N2O4S2. The Balaban J connectivity index is 1.03. The van der Waals surface area contributed by atoms with Crippen LogP contribution in [0.5, 0.6) is 0 Å². The minimum atomic E-state index is -3.61. The average molecular weight is 761 g/mol. The van der Waals surface area contributed by atoms with Crippen LogP contribution in [0.15, 0.2) is 189 Å². The minimum absolute atomic E-state index is 0.343. The fourth-order valence-corrected chi connectivity index (χ4v) is 12.5. The summed E-state index contributed by atoms with van der Waals surface area (Å²) < 4.78 is 58.8. The van der Waals surface area contributed by atoms with Crippen LogP contribution in [0.1, 0.15) is 0 Å². The van der Waals surface area contributed by atoms with Crippen LogP contribution in [0.2, 0.25) is 0 Å². The maximum absolute atomic E-state index is 13.6. The van der Waals surface area contributed by atoms with E-state index in [1.807, 2.05) is 84.9 Å². The number of hydrogen-bond acceptors (Lipinski definition) is 4. The Morgan fingerprint density at radius 2 is 0.625 bits per heavy atom. The fraction of sp³-hybridized carbons (Fsp3) is 0. The highest BCUT2D eigenvalue weighted by atomic mass is 32.2. The summed E-state index contributed by atoms with van der Waals surface area (Å²) in [7, 11) is -7.23. The van der Waals surface area contributed by atoms with Gasteiger partial charge in [0.1, 0.15) is 0 Å². The number of hydrogen-bond donors (Lipinski definition) is 0. The van der Waals surface area contributed by atoms with Crippen molar-refractivity contribution >= 4 is 63.3 Å². The van der Waals surface area contributed by atoms with Crippen molar-refractivity contribution in [2.45, 2.75) is 19.6 Å². The first kappa shape index (κ1) is 31.6. The lowest BCUT2D eigenvalue weighted by Gasteiger charge is -2.14. The Morgan fingerprint density at radius 3 is 1.09 bits per heavy atom. The van der Waals surface area contributed by atoms with Gasteiger partial charge in [0, 0.05) is 43.8 Å². The molecule has 12 rings (SSSR count). The Morgan fingerprint density at radius 1 is 0.286 bits per heavy atom. The molecule has 56 heavy (non-hydrogen) atoms. The summed E-state index contributed by atoms with van der Waals surface area (Å²) in [4.78, 5) is 1.40. The quantitative estimate of drug-likeness (QED) is 0.180. The third kappa shape index (κ3) is 4.09. The van der Waals surface area contributed by atoms with Gasteiger partial charge in [-0.1, -0.05) is 109 Å². The number of nitrogens with zero attached hydrogens (tertiary/aromatic N) is 2. The molecule has 0 atom stereocenters. The lowest BCUT2D eigenvalue weighted by Crippen LogP contribution is -2.08. The lowest BCUT2D eigenvalue weighted by atomic mass is 9.99. The standard InChI is InChI=1S/C48H28N2O4S2/c51-55(52)45-15-7-3-11-35(45)37-21-17-31(27-47(37)55)29-19-23-43-39(25-29)33-9-1-5-13-41(33)49(43)50-42-14-6-2-10-34(42)40-26-30(20-24-44(40)50)32-18-22-38-36-12-4-8-16-46(36)56(53,54)48(38)28-32/h1-28H. The van der Waals surface area contributed by atoms with E-state index in [9.17, 15) is 16.8 Å². The third-order valence-corrected chi connectivity index (χ3v) is 15.3. The van der Waals surface area contributed by atoms with Crippen molar-refractivity contribution in [3.05, 3.63) is 170 Å². The molecule has 0 saturated heterocycles. The number of fused-ring (bicyclic) bond motifs is 12. The van der Waals surface area contributed by atoms with E-state index < -0.39 is 19.7 Å². The SMILES string of the molecule is O=S1(=O)c2ccccc2-c2ccc(-c3ccc4c(c3)c3ccccc3n4-n3c4ccccc4c4cc(-c5ccc6c(c5)S(=O)(=O)c5ccccc5-6)ccc43)cc21.